The number of rotatable bonds is 8. The maximum Gasteiger partial charge on any atom is 0.250 e. The highest BCUT2D eigenvalue weighted by Crippen LogP contribution is 2.27. The van der Waals surface area contributed by atoms with Gasteiger partial charge in [-0.05, 0) is 24.3 Å². The third-order valence-corrected chi connectivity index (χ3v) is 5.47. The minimum absolute atomic E-state index is 0.176. The van der Waals surface area contributed by atoms with Crippen molar-refractivity contribution in [3.63, 3.8) is 0 Å². The molecule has 1 amide bonds. The van der Waals surface area contributed by atoms with Crippen LogP contribution in [0.25, 0.3) is 10.7 Å². The number of hydrogen-bond acceptors (Lipinski definition) is 9. The molecular formula is C18H17N5O3S2. The van der Waals surface area contributed by atoms with E-state index in [1.165, 1.54) is 29.3 Å². The Kier molecular flexibility index (Phi) is 6.93. The van der Waals surface area contributed by atoms with Crippen LogP contribution in [0.5, 0.6) is 11.5 Å². The Hall–Kier alpha value is -2.98. The van der Waals surface area contributed by atoms with Crippen LogP contribution in [-0.2, 0) is 4.79 Å². The molecule has 2 heterocycles. The van der Waals surface area contributed by atoms with E-state index in [-0.39, 0.29) is 11.7 Å². The van der Waals surface area contributed by atoms with Crippen molar-refractivity contribution in [1.82, 2.24) is 20.6 Å². The van der Waals surface area contributed by atoms with Gasteiger partial charge in [-0.2, -0.15) is 5.10 Å². The second-order valence-corrected chi connectivity index (χ2v) is 7.52. The number of hydrogen-bond donors (Lipinski definition) is 1. The molecule has 0 aliphatic rings. The molecule has 0 aliphatic carbocycles. The van der Waals surface area contributed by atoms with E-state index in [0.29, 0.717) is 20.8 Å². The first-order chi connectivity index (χ1) is 13.7. The van der Waals surface area contributed by atoms with Gasteiger partial charge in [0.2, 0.25) is 0 Å². The van der Waals surface area contributed by atoms with E-state index >= 15 is 0 Å². The van der Waals surface area contributed by atoms with Crippen LogP contribution >= 0.6 is 23.1 Å². The molecule has 0 saturated carbocycles. The van der Waals surface area contributed by atoms with Gasteiger partial charge in [0.15, 0.2) is 9.35 Å². The molecule has 0 bridgehead atoms. The monoisotopic (exact) mass is 415 g/mol. The van der Waals surface area contributed by atoms with E-state index < -0.39 is 0 Å². The van der Waals surface area contributed by atoms with Crippen molar-refractivity contribution >= 4 is 35.2 Å². The summed E-state index contributed by atoms with van der Waals surface area (Å²) >= 11 is 2.68. The van der Waals surface area contributed by atoms with Crippen LogP contribution in [0, 0.1) is 0 Å². The van der Waals surface area contributed by atoms with E-state index in [9.17, 15) is 4.79 Å². The zero-order valence-corrected chi connectivity index (χ0v) is 16.8. The van der Waals surface area contributed by atoms with Crippen molar-refractivity contribution in [3.8, 4) is 22.2 Å². The smallest absolute Gasteiger partial charge is 0.250 e. The average molecular weight is 416 g/mol. The molecule has 0 saturated heterocycles. The van der Waals surface area contributed by atoms with Crippen molar-refractivity contribution in [1.29, 1.82) is 0 Å². The fourth-order valence-corrected chi connectivity index (χ4v) is 3.72. The molecule has 10 heteroatoms. The Morgan fingerprint density at radius 3 is 2.68 bits per heavy atom. The maximum atomic E-state index is 12.0. The number of carbonyl (C=O) groups is 1. The molecule has 2 aromatic heterocycles. The topological polar surface area (TPSA) is 98.6 Å². The normalized spacial score (nSPS) is 10.8. The number of benzene rings is 1. The summed E-state index contributed by atoms with van der Waals surface area (Å²) in [5, 5.41) is 12.9. The second-order valence-electron chi connectivity index (χ2n) is 5.32. The number of nitrogens with zero attached hydrogens (tertiary/aromatic N) is 4. The molecule has 1 aromatic carbocycles. The second kappa shape index (κ2) is 9.81. The van der Waals surface area contributed by atoms with Crippen LogP contribution in [0.2, 0.25) is 0 Å². The van der Waals surface area contributed by atoms with Crippen LogP contribution in [0.1, 0.15) is 5.56 Å². The number of amides is 1. The summed E-state index contributed by atoms with van der Waals surface area (Å²) in [5.41, 5.74) is 3.99. The van der Waals surface area contributed by atoms with Gasteiger partial charge in [-0.15, -0.1) is 10.2 Å². The van der Waals surface area contributed by atoms with Crippen LogP contribution in [0.4, 0.5) is 0 Å². The first-order valence-corrected chi connectivity index (χ1v) is 9.91. The Morgan fingerprint density at radius 1 is 1.21 bits per heavy atom. The number of pyridine rings is 1. The van der Waals surface area contributed by atoms with Gasteiger partial charge < -0.3 is 9.47 Å². The Labute approximate surface area is 170 Å². The molecular weight excluding hydrogens is 398 g/mol. The van der Waals surface area contributed by atoms with Crippen LogP contribution < -0.4 is 14.9 Å². The maximum absolute atomic E-state index is 12.0. The van der Waals surface area contributed by atoms with Gasteiger partial charge in [0, 0.05) is 17.8 Å². The lowest BCUT2D eigenvalue weighted by Gasteiger charge is -2.05. The number of thioether (sulfide) groups is 1. The lowest BCUT2D eigenvalue weighted by molar-refractivity contribution is -0.118. The summed E-state index contributed by atoms with van der Waals surface area (Å²) in [6.45, 7) is 0. The molecule has 1 N–H and O–H groups in total. The third kappa shape index (κ3) is 5.51. The molecule has 3 rings (SSSR count). The standard InChI is InChI=1S/C18H17N5O3S2/c1-25-13-7-12(8-14(9-13)26-2)10-20-21-16(24)11-27-18-23-22-17(28-18)15-5-3-4-6-19-15/h3-10H,11H2,1-2H3,(H,21,24)/b20-10+. The van der Waals surface area contributed by atoms with Crippen LogP contribution in [0.3, 0.4) is 0 Å². The average Bonchev–Trinajstić information content (AvgIpc) is 3.21. The zero-order valence-electron chi connectivity index (χ0n) is 15.2. The van der Waals surface area contributed by atoms with E-state index in [1.54, 1.807) is 38.6 Å². The number of nitrogens with one attached hydrogen (secondary N) is 1. The molecule has 0 unspecified atom stereocenters. The fourth-order valence-electron chi connectivity index (χ4n) is 2.10. The molecule has 144 valence electrons. The predicted molar refractivity (Wildman–Crippen MR) is 109 cm³/mol. The molecule has 0 fully saturated rings. The summed E-state index contributed by atoms with van der Waals surface area (Å²) in [4.78, 5) is 16.2. The summed E-state index contributed by atoms with van der Waals surface area (Å²) < 4.78 is 11.1. The summed E-state index contributed by atoms with van der Waals surface area (Å²) in [6, 6.07) is 10.9. The van der Waals surface area contributed by atoms with Crippen molar-refractivity contribution in [2.75, 3.05) is 20.0 Å². The summed E-state index contributed by atoms with van der Waals surface area (Å²) in [6.07, 6.45) is 3.23. The number of aromatic nitrogens is 3. The molecule has 0 radical (unpaired) electrons. The molecule has 0 atom stereocenters. The minimum Gasteiger partial charge on any atom is -0.497 e. The van der Waals surface area contributed by atoms with Gasteiger partial charge in [-0.25, -0.2) is 5.43 Å². The first-order valence-electron chi connectivity index (χ1n) is 8.10. The van der Waals surface area contributed by atoms with E-state index in [1.807, 2.05) is 18.2 Å². The Morgan fingerprint density at radius 2 is 2.00 bits per heavy atom. The number of ether oxygens (including phenoxy) is 2. The van der Waals surface area contributed by atoms with Gasteiger partial charge >= 0.3 is 0 Å². The SMILES string of the molecule is COc1cc(/C=N/NC(=O)CSc2nnc(-c3ccccn3)s2)cc(OC)c1. The van der Waals surface area contributed by atoms with Crippen molar-refractivity contribution in [2.45, 2.75) is 4.34 Å². The van der Waals surface area contributed by atoms with Crippen LogP contribution in [-0.4, -0.2) is 47.3 Å². The van der Waals surface area contributed by atoms with E-state index in [4.69, 9.17) is 9.47 Å². The molecule has 3 aromatic rings. The number of methoxy groups -OCH3 is 2. The first kappa shape index (κ1) is 19.8. The highest BCUT2D eigenvalue weighted by Gasteiger charge is 2.10. The fraction of sp³-hybridized carbons (Fsp3) is 0.167. The van der Waals surface area contributed by atoms with E-state index in [2.05, 4.69) is 25.7 Å². The largest absolute Gasteiger partial charge is 0.497 e. The van der Waals surface area contributed by atoms with Crippen molar-refractivity contribution < 1.29 is 14.3 Å². The number of hydrazone groups is 1. The highest BCUT2D eigenvalue weighted by molar-refractivity contribution is 8.01. The summed E-state index contributed by atoms with van der Waals surface area (Å²) in [5.74, 6) is 1.21. The molecule has 0 aliphatic heterocycles. The van der Waals surface area contributed by atoms with Gasteiger partial charge in [-0.3, -0.25) is 9.78 Å². The molecule has 8 nitrogen and oxygen atoms in total. The quantitative estimate of drug-likeness (QED) is 0.343. The lowest BCUT2D eigenvalue weighted by atomic mass is 10.2. The van der Waals surface area contributed by atoms with Gasteiger partial charge in [0.1, 0.15) is 17.2 Å². The van der Waals surface area contributed by atoms with Crippen molar-refractivity contribution in [3.05, 3.63) is 48.2 Å². The Balaban J connectivity index is 1.51. The third-order valence-electron chi connectivity index (χ3n) is 3.39. The van der Waals surface area contributed by atoms with E-state index in [0.717, 1.165) is 11.3 Å². The van der Waals surface area contributed by atoms with Gasteiger partial charge in [0.25, 0.3) is 5.91 Å². The van der Waals surface area contributed by atoms with Crippen molar-refractivity contribution in [2.24, 2.45) is 5.10 Å². The van der Waals surface area contributed by atoms with Crippen LogP contribution in [0.15, 0.2) is 52.0 Å². The summed E-state index contributed by atoms with van der Waals surface area (Å²) in [7, 11) is 3.14. The van der Waals surface area contributed by atoms with Gasteiger partial charge in [-0.1, -0.05) is 29.2 Å². The highest BCUT2D eigenvalue weighted by atomic mass is 32.2. The number of carbonyl (C=O) groups excluding carboxylic acids is 1. The van der Waals surface area contributed by atoms with Gasteiger partial charge in [0.05, 0.1) is 26.2 Å². The molecule has 0 spiro atoms. The minimum atomic E-state index is -0.245. The zero-order chi connectivity index (χ0) is 19.8. The predicted octanol–water partition coefficient (Wildman–Crippen LogP) is 2.86. The Bertz CT molecular complexity index is 941. The lowest BCUT2D eigenvalue weighted by Crippen LogP contribution is -2.19. The molecule has 28 heavy (non-hydrogen) atoms.